The number of amides is 1. The summed E-state index contributed by atoms with van der Waals surface area (Å²) in [6.07, 6.45) is 16.4. The third kappa shape index (κ3) is 11.9. The average Bonchev–Trinajstić information content (AvgIpc) is 2.74. The number of nitrogens with one attached hydrogen (secondary N) is 1. The largest absolute Gasteiger partial charge is 0.464 e. The van der Waals surface area contributed by atoms with Crippen LogP contribution in [0.1, 0.15) is 108 Å². The summed E-state index contributed by atoms with van der Waals surface area (Å²) in [5.41, 5.74) is -0.0753. The van der Waals surface area contributed by atoms with Gasteiger partial charge in [0.2, 0.25) is 0 Å². The Morgan fingerprint density at radius 3 is 1.90 bits per heavy atom. The van der Waals surface area contributed by atoms with Gasteiger partial charge < -0.3 is 10.1 Å². The number of carbonyl (C=O) groups is 2. The first-order valence-electron chi connectivity index (χ1n) is 11.8. The fourth-order valence-corrected chi connectivity index (χ4v) is 3.40. The topological polar surface area (TPSA) is 55.4 Å². The van der Waals surface area contributed by atoms with Crippen molar-refractivity contribution < 1.29 is 18.7 Å². The second-order valence-electron chi connectivity index (χ2n) is 8.09. The monoisotopic (exact) mass is 421 g/mol. The minimum absolute atomic E-state index is 0.0753. The van der Waals surface area contributed by atoms with Crippen molar-refractivity contribution in [3.05, 3.63) is 35.6 Å². The molecule has 0 aliphatic carbocycles. The quantitative estimate of drug-likeness (QED) is 0.228. The summed E-state index contributed by atoms with van der Waals surface area (Å²) < 4.78 is 18.8. The van der Waals surface area contributed by atoms with Gasteiger partial charge in [0.05, 0.1) is 12.2 Å². The first-order chi connectivity index (χ1) is 14.6. The van der Waals surface area contributed by atoms with Gasteiger partial charge in [-0.15, -0.1) is 0 Å². The van der Waals surface area contributed by atoms with Crippen molar-refractivity contribution in [1.82, 2.24) is 5.32 Å². The highest BCUT2D eigenvalue weighted by Gasteiger charge is 2.19. The highest BCUT2D eigenvalue weighted by Crippen LogP contribution is 2.12. The van der Waals surface area contributed by atoms with Gasteiger partial charge >= 0.3 is 5.97 Å². The molecular formula is C25H40FNO3. The Bertz CT molecular complexity index is 606. The summed E-state index contributed by atoms with van der Waals surface area (Å²) >= 11 is 0. The number of esters is 1. The van der Waals surface area contributed by atoms with E-state index in [4.69, 9.17) is 4.74 Å². The van der Waals surface area contributed by atoms with Gasteiger partial charge in [-0.25, -0.2) is 9.18 Å². The number of benzene rings is 1. The number of ether oxygens (including phenoxy) is 1. The van der Waals surface area contributed by atoms with E-state index in [0.717, 1.165) is 19.3 Å². The number of hydrogen-bond donors (Lipinski definition) is 1. The molecule has 30 heavy (non-hydrogen) atoms. The van der Waals surface area contributed by atoms with E-state index >= 15 is 0 Å². The number of hydrogen-bond acceptors (Lipinski definition) is 3. The molecule has 0 aromatic heterocycles. The van der Waals surface area contributed by atoms with E-state index in [-0.39, 0.29) is 5.56 Å². The second kappa shape index (κ2) is 16.8. The van der Waals surface area contributed by atoms with Gasteiger partial charge in [0.1, 0.15) is 11.9 Å². The van der Waals surface area contributed by atoms with Crippen LogP contribution >= 0.6 is 0 Å². The molecule has 170 valence electrons. The van der Waals surface area contributed by atoms with Crippen LogP contribution in [0.15, 0.2) is 24.3 Å². The maximum absolute atomic E-state index is 13.6. The van der Waals surface area contributed by atoms with Gasteiger partial charge in [-0.05, 0) is 25.5 Å². The van der Waals surface area contributed by atoms with Gasteiger partial charge in [0, 0.05) is 0 Å². The molecule has 1 aromatic rings. The smallest absolute Gasteiger partial charge is 0.328 e. The molecule has 0 spiro atoms. The molecule has 0 saturated carbocycles. The molecule has 0 heterocycles. The standard InChI is InChI=1S/C25H40FNO3/c1-3-4-5-6-7-8-9-10-11-12-13-14-17-20-30-25(29)21(2)27-24(28)22-18-15-16-19-23(22)26/h15-16,18-19,21H,3-14,17,20H2,1-2H3,(H,27,28). The Morgan fingerprint density at radius 1 is 0.867 bits per heavy atom. The van der Waals surface area contributed by atoms with E-state index in [9.17, 15) is 14.0 Å². The van der Waals surface area contributed by atoms with E-state index < -0.39 is 23.7 Å². The molecule has 0 aliphatic heterocycles. The second-order valence-corrected chi connectivity index (χ2v) is 8.09. The van der Waals surface area contributed by atoms with Gasteiger partial charge in [-0.3, -0.25) is 4.79 Å². The maximum Gasteiger partial charge on any atom is 0.328 e. The maximum atomic E-state index is 13.6. The zero-order valence-corrected chi connectivity index (χ0v) is 18.9. The predicted octanol–water partition coefficient (Wildman–Crippen LogP) is 6.58. The van der Waals surface area contributed by atoms with Crippen LogP contribution in [-0.4, -0.2) is 24.5 Å². The Balaban J connectivity index is 1.98. The summed E-state index contributed by atoms with van der Waals surface area (Å²) in [5.74, 6) is -1.71. The average molecular weight is 422 g/mol. The molecule has 1 atom stereocenters. The first-order valence-corrected chi connectivity index (χ1v) is 11.8. The molecule has 0 radical (unpaired) electrons. The molecule has 1 unspecified atom stereocenters. The Labute approximate surface area is 182 Å². The Kier molecular flexibility index (Phi) is 14.7. The summed E-state index contributed by atoms with van der Waals surface area (Å²) in [6, 6.07) is 4.89. The van der Waals surface area contributed by atoms with Crippen molar-refractivity contribution in [3.8, 4) is 0 Å². The molecule has 0 aliphatic rings. The van der Waals surface area contributed by atoms with Crippen molar-refractivity contribution in [3.63, 3.8) is 0 Å². The minimum Gasteiger partial charge on any atom is -0.464 e. The molecule has 5 heteroatoms. The molecule has 1 amide bonds. The molecule has 1 N–H and O–H groups in total. The van der Waals surface area contributed by atoms with Gasteiger partial charge in [-0.1, -0.05) is 96.1 Å². The van der Waals surface area contributed by atoms with Crippen molar-refractivity contribution in [2.24, 2.45) is 0 Å². The van der Waals surface area contributed by atoms with Crippen LogP contribution < -0.4 is 5.32 Å². The van der Waals surface area contributed by atoms with Crippen molar-refractivity contribution in [2.75, 3.05) is 6.61 Å². The number of halogens is 1. The molecule has 0 bridgehead atoms. The normalized spacial score (nSPS) is 11.8. The number of carbonyl (C=O) groups excluding carboxylic acids is 2. The summed E-state index contributed by atoms with van der Waals surface area (Å²) in [6.45, 7) is 4.15. The van der Waals surface area contributed by atoms with E-state index in [1.54, 1.807) is 13.0 Å². The lowest BCUT2D eigenvalue weighted by molar-refractivity contribution is -0.145. The molecule has 0 fully saturated rings. The van der Waals surface area contributed by atoms with E-state index in [0.29, 0.717) is 6.61 Å². The molecule has 1 rings (SSSR count). The Morgan fingerprint density at radius 2 is 1.37 bits per heavy atom. The minimum atomic E-state index is -0.806. The van der Waals surface area contributed by atoms with Crippen LogP contribution in [0.5, 0.6) is 0 Å². The fourth-order valence-electron chi connectivity index (χ4n) is 3.40. The van der Waals surface area contributed by atoms with Crippen molar-refractivity contribution >= 4 is 11.9 Å². The van der Waals surface area contributed by atoms with Crippen LogP contribution in [0.3, 0.4) is 0 Å². The zero-order valence-electron chi connectivity index (χ0n) is 18.9. The summed E-state index contributed by atoms with van der Waals surface area (Å²) in [7, 11) is 0. The first kappa shape index (κ1) is 26.1. The van der Waals surface area contributed by atoms with Crippen LogP contribution in [0.25, 0.3) is 0 Å². The lowest BCUT2D eigenvalue weighted by atomic mass is 10.0. The van der Waals surface area contributed by atoms with E-state index in [1.165, 1.54) is 82.4 Å². The lowest BCUT2D eigenvalue weighted by Crippen LogP contribution is -2.40. The molecule has 4 nitrogen and oxygen atoms in total. The molecular weight excluding hydrogens is 381 g/mol. The zero-order chi connectivity index (χ0) is 22.0. The van der Waals surface area contributed by atoms with Crippen molar-refractivity contribution in [1.29, 1.82) is 0 Å². The fraction of sp³-hybridized carbons (Fsp3) is 0.680. The van der Waals surface area contributed by atoms with Crippen molar-refractivity contribution in [2.45, 2.75) is 103 Å². The van der Waals surface area contributed by atoms with Gasteiger partial charge in [0.25, 0.3) is 5.91 Å². The van der Waals surface area contributed by atoms with Gasteiger partial charge in [-0.2, -0.15) is 0 Å². The SMILES string of the molecule is CCCCCCCCCCCCCCCOC(=O)C(C)NC(=O)c1ccccc1F. The van der Waals surface area contributed by atoms with Crippen LogP contribution in [0, 0.1) is 5.82 Å². The highest BCUT2D eigenvalue weighted by atomic mass is 19.1. The summed E-state index contributed by atoms with van der Waals surface area (Å²) in [5, 5.41) is 2.48. The van der Waals surface area contributed by atoms with Crippen LogP contribution in [0.4, 0.5) is 4.39 Å². The third-order valence-corrected chi connectivity index (χ3v) is 5.31. The highest BCUT2D eigenvalue weighted by molar-refractivity contribution is 5.96. The number of unbranched alkanes of at least 4 members (excludes halogenated alkanes) is 12. The Hall–Kier alpha value is -1.91. The van der Waals surface area contributed by atoms with E-state index in [1.807, 2.05) is 0 Å². The van der Waals surface area contributed by atoms with E-state index in [2.05, 4.69) is 12.2 Å². The van der Waals surface area contributed by atoms with Crippen LogP contribution in [-0.2, 0) is 9.53 Å². The predicted molar refractivity (Wildman–Crippen MR) is 120 cm³/mol. The number of rotatable bonds is 17. The molecule has 0 saturated heterocycles. The lowest BCUT2D eigenvalue weighted by Gasteiger charge is -2.13. The summed E-state index contributed by atoms with van der Waals surface area (Å²) in [4.78, 5) is 24.0. The van der Waals surface area contributed by atoms with Gasteiger partial charge in [0.15, 0.2) is 0 Å². The third-order valence-electron chi connectivity index (χ3n) is 5.31. The molecule has 1 aromatic carbocycles. The van der Waals surface area contributed by atoms with Crippen LogP contribution in [0.2, 0.25) is 0 Å².